The molecule has 1 N–H and O–H groups in total. The van der Waals surface area contributed by atoms with Crippen molar-refractivity contribution < 1.29 is 9.53 Å². The van der Waals surface area contributed by atoms with Crippen LogP contribution < -0.4 is 5.32 Å². The lowest BCUT2D eigenvalue weighted by Gasteiger charge is -2.14. The van der Waals surface area contributed by atoms with Crippen LogP contribution in [-0.2, 0) is 9.53 Å². The number of ether oxygens (including phenoxy) is 1. The molecule has 0 aliphatic rings. The maximum absolute atomic E-state index is 11.5. The molecule has 0 radical (unpaired) electrons. The highest BCUT2D eigenvalue weighted by Gasteiger charge is 2.09. The summed E-state index contributed by atoms with van der Waals surface area (Å²) in [6, 6.07) is 7.40. The summed E-state index contributed by atoms with van der Waals surface area (Å²) in [6.07, 6.45) is 0.914. The maximum atomic E-state index is 11.5. The predicted molar refractivity (Wildman–Crippen MR) is 69.1 cm³/mol. The minimum atomic E-state index is -0.106. The first kappa shape index (κ1) is 14.0. The number of amides is 1. The van der Waals surface area contributed by atoms with E-state index in [0.29, 0.717) is 11.6 Å². The molecule has 1 aromatic carbocycles. The molecule has 0 fully saturated rings. The Morgan fingerprint density at radius 1 is 1.53 bits per heavy atom. The highest BCUT2D eigenvalue weighted by Crippen LogP contribution is 2.17. The van der Waals surface area contributed by atoms with Crippen LogP contribution in [0.3, 0.4) is 0 Å². The van der Waals surface area contributed by atoms with Crippen LogP contribution in [0.15, 0.2) is 24.3 Å². The molecule has 0 saturated carbocycles. The normalized spacial score (nSPS) is 12.2. The maximum Gasteiger partial charge on any atom is 0.246 e. The molecule has 17 heavy (non-hydrogen) atoms. The zero-order chi connectivity index (χ0) is 12.7. The fourth-order valence-electron chi connectivity index (χ4n) is 1.45. The number of carbonyl (C=O) groups is 1. The number of hydrogen-bond acceptors (Lipinski definition) is 2. The lowest BCUT2D eigenvalue weighted by molar-refractivity contribution is -0.126. The van der Waals surface area contributed by atoms with Gasteiger partial charge < -0.3 is 10.1 Å². The van der Waals surface area contributed by atoms with Gasteiger partial charge in [-0.3, -0.25) is 4.79 Å². The largest absolute Gasteiger partial charge is 0.372 e. The lowest BCUT2D eigenvalue weighted by Crippen LogP contribution is -2.30. The fraction of sp³-hybridized carbons (Fsp3) is 0.462. The van der Waals surface area contributed by atoms with Gasteiger partial charge in [0.1, 0.15) is 6.61 Å². The molecule has 0 spiro atoms. The van der Waals surface area contributed by atoms with Gasteiger partial charge in [-0.25, -0.2) is 0 Å². The topological polar surface area (TPSA) is 38.3 Å². The molecule has 0 aromatic heterocycles. The van der Waals surface area contributed by atoms with Crippen molar-refractivity contribution in [3.63, 3.8) is 0 Å². The lowest BCUT2D eigenvalue weighted by atomic mass is 10.1. The number of hydrogen-bond donors (Lipinski definition) is 1. The Morgan fingerprint density at radius 3 is 2.94 bits per heavy atom. The predicted octanol–water partition coefficient (Wildman–Crippen LogP) is 2.94. The monoisotopic (exact) mass is 255 g/mol. The second kappa shape index (κ2) is 7.30. The van der Waals surface area contributed by atoms with Crippen LogP contribution in [0.1, 0.15) is 31.9 Å². The smallest absolute Gasteiger partial charge is 0.246 e. The Balaban J connectivity index is 2.43. The Kier molecular flexibility index (Phi) is 6.01. The van der Waals surface area contributed by atoms with E-state index >= 15 is 0 Å². The summed E-state index contributed by atoms with van der Waals surface area (Å²) in [6.45, 7) is 4.65. The van der Waals surface area contributed by atoms with Crippen molar-refractivity contribution in [1.29, 1.82) is 0 Å². The van der Waals surface area contributed by atoms with Gasteiger partial charge in [0.25, 0.3) is 0 Å². The molecule has 0 aliphatic heterocycles. The minimum Gasteiger partial charge on any atom is -0.372 e. The molecule has 1 atom stereocenters. The summed E-state index contributed by atoms with van der Waals surface area (Å²) in [5.74, 6) is -0.106. The molecular weight excluding hydrogens is 238 g/mol. The summed E-state index contributed by atoms with van der Waals surface area (Å²) < 4.78 is 5.17. The molecule has 1 aromatic rings. The molecule has 0 heterocycles. The Morgan fingerprint density at radius 2 is 2.29 bits per heavy atom. The minimum absolute atomic E-state index is 0.0635. The summed E-state index contributed by atoms with van der Waals surface area (Å²) in [7, 11) is 0. The van der Waals surface area contributed by atoms with E-state index in [1.807, 2.05) is 38.1 Å². The second-order valence-corrected chi connectivity index (χ2v) is 4.33. The van der Waals surface area contributed by atoms with Crippen LogP contribution in [0.4, 0.5) is 0 Å². The van der Waals surface area contributed by atoms with Crippen LogP contribution >= 0.6 is 11.6 Å². The summed E-state index contributed by atoms with van der Waals surface area (Å²) in [5, 5.41) is 3.53. The number of nitrogens with one attached hydrogen (secondary N) is 1. The van der Waals surface area contributed by atoms with Gasteiger partial charge in [0, 0.05) is 11.6 Å². The Labute approximate surface area is 107 Å². The first-order chi connectivity index (χ1) is 8.13. The van der Waals surface area contributed by atoms with Crippen molar-refractivity contribution >= 4 is 17.5 Å². The van der Waals surface area contributed by atoms with Gasteiger partial charge >= 0.3 is 0 Å². The average molecular weight is 256 g/mol. The van der Waals surface area contributed by atoms with Crippen molar-refractivity contribution in [3.05, 3.63) is 34.9 Å². The van der Waals surface area contributed by atoms with Crippen molar-refractivity contribution in [1.82, 2.24) is 5.32 Å². The van der Waals surface area contributed by atoms with Crippen LogP contribution in [0.25, 0.3) is 0 Å². The van der Waals surface area contributed by atoms with Gasteiger partial charge in [-0.15, -0.1) is 0 Å². The fourth-order valence-corrected chi connectivity index (χ4v) is 1.65. The Bertz CT molecular complexity index is 368. The van der Waals surface area contributed by atoms with Crippen molar-refractivity contribution in [2.75, 3.05) is 13.2 Å². The third kappa shape index (κ3) is 5.20. The zero-order valence-corrected chi connectivity index (χ0v) is 11.0. The number of rotatable bonds is 6. The molecule has 0 saturated heterocycles. The molecular formula is C13H18ClNO2. The van der Waals surface area contributed by atoms with Crippen molar-refractivity contribution in [2.45, 2.75) is 26.3 Å². The third-order valence-corrected chi connectivity index (χ3v) is 2.54. The summed E-state index contributed by atoms with van der Waals surface area (Å²) in [5.41, 5.74) is 0.987. The second-order valence-electron chi connectivity index (χ2n) is 3.90. The van der Waals surface area contributed by atoms with Gasteiger partial charge in [-0.2, -0.15) is 0 Å². The molecule has 4 heteroatoms. The van der Waals surface area contributed by atoms with E-state index in [1.165, 1.54) is 0 Å². The highest BCUT2D eigenvalue weighted by atomic mass is 35.5. The van der Waals surface area contributed by atoms with Gasteiger partial charge in [-0.05, 0) is 31.0 Å². The van der Waals surface area contributed by atoms with E-state index in [0.717, 1.165) is 12.0 Å². The van der Waals surface area contributed by atoms with Crippen LogP contribution in [0.5, 0.6) is 0 Å². The van der Waals surface area contributed by atoms with Crippen LogP contribution in [0.2, 0.25) is 5.02 Å². The molecule has 0 bridgehead atoms. The molecule has 1 rings (SSSR count). The average Bonchev–Trinajstić information content (AvgIpc) is 2.29. The Hall–Kier alpha value is -1.06. The van der Waals surface area contributed by atoms with E-state index in [-0.39, 0.29) is 18.6 Å². The van der Waals surface area contributed by atoms with Crippen LogP contribution in [0, 0.1) is 0 Å². The van der Waals surface area contributed by atoms with E-state index in [2.05, 4.69) is 5.32 Å². The van der Waals surface area contributed by atoms with Gasteiger partial charge in [0.15, 0.2) is 0 Å². The van der Waals surface area contributed by atoms with Crippen molar-refractivity contribution in [2.24, 2.45) is 0 Å². The van der Waals surface area contributed by atoms with E-state index in [9.17, 15) is 4.79 Å². The SMILES string of the molecule is CCCOCC(=O)NC(C)c1cccc(Cl)c1. The van der Waals surface area contributed by atoms with Crippen molar-refractivity contribution in [3.8, 4) is 0 Å². The van der Waals surface area contributed by atoms with E-state index in [4.69, 9.17) is 16.3 Å². The summed E-state index contributed by atoms with van der Waals surface area (Å²) in [4.78, 5) is 11.5. The molecule has 94 valence electrons. The number of halogens is 1. The quantitative estimate of drug-likeness (QED) is 0.794. The standard InChI is InChI=1S/C13H18ClNO2/c1-3-7-17-9-13(16)15-10(2)11-5-4-6-12(14)8-11/h4-6,8,10H,3,7,9H2,1-2H3,(H,15,16). The first-order valence-electron chi connectivity index (χ1n) is 5.76. The number of carbonyl (C=O) groups excluding carboxylic acids is 1. The van der Waals surface area contributed by atoms with Gasteiger partial charge in [0.2, 0.25) is 5.91 Å². The first-order valence-corrected chi connectivity index (χ1v) is 6.14. The molecule has 3 nitrogen and oxygen atoms in total. The molecule has 1 unspecified atom stereocenters. The zero-order valence-electron chi connectivity index (χ0n) is 10.2. The summed E-state index contributed by atoms with van der Waals surface area (Å²) >= 11 is 5.89. The molecule has 1 amide bonds. The van der Waals surface area contributed by atoms with Gasteiger partial charge in [-0.1, -0.05) is 30.7 Å². The third-order valence-electron chi connectivity index (χ3n) is 2.31. The molecule has 0 aliphatic carbocycles. The van der Waals surface area contributed by atoms with Crippen LogP contribution in [-0.4, -0.2) is 19.1 Å². The van der Waals surface area contributed by atoms with Gasteiger partial charge in [0.05, 0.1) is 6.04 Å². The van der Waals surface area contributed by atoms with E-state index in [1.54, 1.807) is 0 Å². The van der Waals surface area contributed by atoms with E-state index < -0.39 is 0 Å². The number of benzene rings is 1. The highest BCUT2D eigenvalue weighted by molar-refractivity contribution is 6.30.